The van der Waals surface area contributed by atoms with Gasteiger partial charge in [-0.05, 0) is 17.7 Å². The third-order valence-corrected chi connectivity index (χ3v) is 2.89. The molecule has 102 valence electrons. The molecule has 1 aromatic carbocycles. The van der Waals surface area contributed by atoms with Crippen molar-refractivity contribution in [2.45, 2.75) is 12.4 Å². The van der Waals surface area contributed by atoms with Crippen molar-refractivity contribution >= 4 is 22.2 Å². The first-order chi connectivity index (χ1) is 8.31. The van der Waals surface area contributed by atoms with Crippen molar-refractivity contribution in [1.29, 1.82) is 0 Å². The average Bonchev–Trinajstić information content (AvgIpc) is 2.18. The molecule has 0 aliphatic rings. The van der Waals surface area contributed by atoms with Crippen LogP contribution in [0.3, 0.4) is 0 Å². The molecular formula is C8H13NO7P2. The molecule has 1 aromatic rings. The van der Waals surface area contributed by atoms with Crippen molar-refractivity contribution in [2.75, 3.05) is 5.73 Å². The van der Waals surface area contributed by atoms with Crippen LogP contribution in [0.1, 0.15) is 5.56 Å². The Balaban J connectivity index is 2.86. The number of nitrogens with two attached hydrogens (primary N) is 1. The highest BCUT2D eigenvalue weighted by molar-refractivity contribution is 7.33. The average molecular weight is 297 g/mol. The van der Waals surface area contributed by atoms with Gasteiger partial charge in [0.25, 0.3) is 5.97 Å². The molecule has 0 aliphatic carbocycles. The van der Waals surface area contributed by atoms with E-state index in [1.165, 1.54) is 24.3 Å². The van der Waals surface area contributed by atoms with Gasteiger partial charge in [-0.1, -0.05) is 12.1 Å². The summed E-state index contributed by atoms with van der Waals surface area (Å²) >= 11 is 0. The Morgan fingerprint density at radius 3 is 1.94 bits per heavy atom. The minimum absolute atomic E-state index is 0.402. The molecule has 0 heterocycles. The van der Waals surface area contributed by atoms with Crippen molar-refractivity contribution < 1.29 is 33.1 Å². The van der Waals surface area contributed by atoms with Gasteiger partial charge in [0.05, 0.1) is 6.42 Å². The van der Waals surface area contributed by atoms with Gasteiger partial charge >= 0.3 is 16.5 Å². The molecule has 0 saturated heterocycles. The van der Waals surface area contributed by atoms with Gasteiger partial charge in [0.1, 0.15) is 0 Å². The lowest BCUT2D eigenvalue weighted by molar-refractivity contribution is -0.271. The van der Waals surface area contributed by atoms with Gasteiger partial charge in [-0.25, -0.2) is 0 Å². The Morgan fingerprint density at radius 2 is 1.56 bits per heavy atom. The number of benzene rings is 1. The fourth-order valence-electron chi connectivity index (χ4n) is 1.26. The number of rotatable bonds is 6. The maximum atomic E-state index is 10.6. The van der Waals surface area contributed by atoms with Crippen LogP contribution in [0, 0.1) is 0 Å². The molecule has 0 saturated carbocycles. The van der Waals surface area contributed by atoms with Crippen LogP contribution in [-0.2, 0) is 24.6 Å². The van der Waals surface area contributed by atoms with Crippen LogP contribution in [0.5, 0.6) is 0 Å². The Bertz CT molecular complexity index is 433. The van der Waals surface area contributed by atoms with Gasteiger partial charge in [0.15, 0.2) is 0 Å². The summed E-state index contributed by atoms with van der Waals surface area (Å²) < 4.78 is 29.6. The van der Waals surface area contributed by atoms with E-state index in [0.717, 1.165) is 0 Å². The van der Waals surface area contributed by atoms with Crippen LogP contribution in [0.15, 0.2) is 24.3 Å². The number of nitrogen functional groups attached to an aromatic ring is 1. The lowest BCUT2D eigenvalue weighted by Crippen LogP contribution is -2.34. The van der Waals surface area contributed by atoms with Crippen LogP contribution in [-0.4, -0.2) is 20.9 Å². The molecule has 0 aromatic heterocycles. The molecule has 8 nitrogen and oxygen atoms in total. The highest BCUT2D eigenvalue weighted by Gasteiger charge is 2.33. The number of hydrogen-bond acceptors (Lipinski definition) is 6. The van der Waals surface area contributed by atoms with E-state index in [0.29, 0.717) is 11.3 Å². The van der Waals surface area contributed by atoms with E-state index in [4.69, 9.17) is 15.5 Å². The van der Waals surface area contributed by atoms with Crippen molar-refractivity contribution in [1.82, 2.24) is 0 Å². The molecule has 0 radical (unpaired) electrons. The van der Waals surface area contributed by atoms with Crippen LogP contribution < -0.4 is 5.73 Å². The number of hydrogen-bond donors (Lipinski definition) is 4. The fourth-order valence-corrected chi connectivity index (χ4v) is 2.12. The fraction of sp³-hybridized carbons (Fsp3) is 0.250. The van der Waals surface area contributed by atoms with E-state index >= 15 is 0 Å². The Labute approximate surface area is 104 Å². The van der Waals surface area contributed by atoms with E-state index in [9.17, 15) is 14.2 Å². The zero-order chi connectivity index (χ0) is 13.8. The summed E-state index contributed by atoms with van der Waals surface area (Å²) in [4.78, 5) is 17.2. The van der Waals surface area contributed by atoms with Gasteiger partial charge < -0.3 is 20.6 Å². The molecule has 2 unspecified atom stereocenters. The van der Waals surface area contributed by atoms with Crippen LogP contribution >= 0.6 is 16.5 Å². The van der Waals surface area contributed by atoms with E-state index in [-0.39, 0.29) is 0 Å². The lowest BCUT2D eigenvalue weighted by Gasteiger charge is -2.24. The zero-order valence-corrected chi connectivity index (χ0v) is 11.1. The minimum Gasteiger partial charge on any atom is -0.399 e. The quantitative estimate of drug-likeness (QED) is 0.333. The van der Waals surface area contributed by atoms with Gasteiger partial charge in [0, 0.05) is 5.69 Å². The molecule has 10 heteroatoms. The third-order valence-electron chi connectivity index (χ3n) is 1.90. The van der Waals surface area contributed by atoms with E-state index < -0.39 is 28.9 Å². The SMILES string of the molecule is Nc1ccc(CC(O)(O[PH](=O)O)O[PH](=O)O)cc1. The van der Waals surface area contributed by atoms with Crippen molar-refractivity contribution in [3.63, 3.8) is 0 Å². The second kappa shape index (κ2) is 6.45. The molecule has 5 N–H and O–H groups in total. The largest absolute Gasteiger partial charge is 0.399 e. The van der Waals surface area contributed by atoms with Gasteiger partial charge in [0.2, 0.25) is 0 Å². The smallest absolute Gasteiger partial charge is 0.320 e. The van der Waals surface area contributed by atoms with Crippen molar-refractivity contribution in [2.24, 2.45) is 0 Å². The second-order valence-electron chi connectivity index (χ2n) is 3.37. The number of anilines is 1. The summed E-state index contributed by atoms with van der Waals surface area (Å²) in [6, 6.07) is 6.08. The molecule has 0 aliphatic heterocycles. The summed E-state index contributed by atoms with van der Waals surface area (Å²) in [6.07, 6.45) is -0.402. The van der Waals surface area contributed by atoms with E-state index in [2.05, 4.69) is 9.05 Å². The molecule has 0 spiro atoms. The normalized spacial score (nSPS) is 17.9. The van der Waals surface area contributed by atoms with Crippen LogP contribution in [0.25, 0.3) is 0 Å². The van der Waals surface area contributed by atoms with E-state index in [1.807, 2.05) is 0 Å². The van der Waals surface area contributed by atoms with E-state index in [1.54, 1.807) is 0 Å². The molecule has 1 rings (SSSR count). The lowest BCUT2D eigenvalue weighted by atomic mass is 10.1. The van der Waals surface area contributed by atoms with Crippen LogP contribution in [0.2, 0.25) is 0 Å². The first-order valence-corrected chi connectivity index (χ1v) is 7.24. The Kier molecular flexibility index (Phi) is 5.49. The van der Waals surface area contributed by atoms with Crippen molar-refractivity contribution in [3.8, 4) is 0 Å². The molecule has 0 bridgehead atoms. The van der Waals surface area contributed by atoms with Gasteiger partial charge in [-0.2, -0.15) is 0 Å². The monoisotopic (exact) mass is 297 g/mol. The standard InChI is InChI=1S/C8H13NO7P2/c9-7-3-1-6(2-4-7)5-8(10,15-17(11)12)16-18(13)14/h1-4,10,17-18H,5,9H2,(H,11,12)(H,13,14). The van der Waals surface area contributed by atoms with Crippen LogP contribution in [0.4, 0.5) is 5.69 Å². The Hall–Kier alpha value is -0.720. The summed E-state index contributed by atoms with van der Waals surface area (Å²) in [5.74, 6) is -2.63. The second-order valence-corrected chi connectivity index (χ2v) is 4.84. The van der Waals surface area contributed by atoms with Crippen molar-refractivity contribution in [3.05, 3.63) is 29.8 Å². The first-order valence-electron chi connectivity index (χ1n) is 4.71. The predicted octanol–water partition coefficient (Wildman–Crippen LogP) is 0.255. The van der Waals surface area contributed by atoms with Gasteiger partial charge in [-0.3, -0.25) is 18.2 Å². The molecule has 18 heavy (non-hydrogen) atoms. The molecule has 0 amide bonds. The molecule has 0 fully saturated rings. The Morgan fingerprint density at radius 1 is 1.11 bits per heavy atom. The third kappa shape index (κ3) is 5.29. The first kappa shape index (κ1) is 15.3. The maximum Gasteiger partial charge on any atom is 0.320 e. The maximum absolute atomic E-state index is 10.6. The molecule has 2 atom stereocenters. The summed E-state index contributed by atoms with van der Waals surface area (Å²) in [7, 11) is -7.09. The molecular weight excluding hydrogens is 284 g/mol. The van der Waals surface area contributed by atoms with Gasteiger partial charge in [-0.15, -0.1) is 0 Å². The topological polar surface area (TPSA) is 139 Å². The summed E-state index contributed by atoms with van der Waals surface area (Å²) in [5, 5.41) is 9.73. The predicted molar refractivity (Wildman–Crippen MR) is 64.1 cm³/mol. The highest BCUT2D eigenvalue weighted by Crippen LogP contribution is 2.34. The zero-order valence-electron chi connectivity index (χ0n) is 9.07. The number of aliphatic hydroxyl groups is 1. The summed E-state index contributed by atoms with van der Waals surface area (Å²) in [5.41, 5.74) is 6.38. The minimum atomic E-state index is -3.55. The highest BCUT2D eigenvalue weighted by atomic mass is 31.1. The summed E-state index contributed by atoms with van der Waals surface area (Å²) in [6.45, 7) is 0.